The zero-order valence-corrected chi connectivity index (χ0v) is 18.2. The van der Waals surface area contributed by atoms with Gasteiger partial charge in [0.25, 0.3) is 11.7 Å². The second-order valence-electron chi connectivity index (χ2n) is 6.73. The number of amides is 1. The van der Waals surface area contributed by atoms with Crippen LogP contribution >= 0.6 is 22.9 Å². The first kappa shape index (κ1) is 21.0. The molecule has 0 bridgehead atoms. The summed E-state index contributed by atoms with van der Waals surface area (Å²) in [6.45, 7) is 0. The fraction of sp³-hybridized carbons (Fsp3) is 0.130. The summed E-state index contributed by atoms with van der Waals surface area (Å²) in [6.07, 6.45) is 0. The van der Waals surface area contributed by atoms with Crippen molar-refractivity contribution in [3.8, 4) is 11.5 Å². The van der Waals surface area contributed by atoms with Crippen molar-refractivity contribution < 1.29 is 24.2 Å². The Bertz CT molecular complexity index is 1170. The molecule has 8 heteroatoms. The molecule has 2 heterocycles. The molecule has 1 atom stereocenters. The van der Waals surface area contributed by atoms with Crippen molar-refractivity contribution in [2.24, 2.45) is 0 Å². The molecule has 1 aromatic heterocycles. The van der Waals surface area contributed by atoms with E-state index in [0.29, 0.717) is 27.8 Å². The van der Waals surface area contributed by atoms with E-state index in [1.807, 2.05) is 17.5 Å². The second-order valence-corrected chi connectivity index (χ2v) is 8.12. The van der Waals surface area contributed by atoms with Gasteiger partial charge >= 0.3 is 0 Å². The van der Waals surface area contributed by atoms with Crippen LogP contribution < -0.4 is 14.4 Å². The van der Waals surface area contributed by atoms with E-state index in [1.165, 1.54) is 29.4 Å². The number of thiophene rings is 1. The molecule has 1 N–H and O–H groups in total. The van der Waals surface area contributed by atoms with E-state index in [2.05, 4.69) is 0 Å². The Kier molecular flexibility index (Phi) is 5.71. The molecule has 1 amide bonds. The number of halogens is 1. The van der Waals surface area contributed by atoms with Gasteiger partial charge in [0.2, 0.25) is 0 Å². The van der Waals surface area contributed by atoms with E-state index < -0.39 is 17.7 Å². The first-order chi connectivity index (χ1) is 15.0. The van der Waals surface area contributed by atoms with Gasteiger partial charge in [-0.05, 0) is 53.9 Å². The quantitative estimate of drug-likeness (QED) is 0.331. The van der Waals surface area contributed by atoms with Gasteiger partial charge in [-0.1, -0.05) is 17.7 Å². The number of hydrogen-bond donors (Lipinski definition) is 1. The van der Waals surface area contributed by atoms with Crippen LogP contribution in [0.15, 0.2) is 65.6 Å². The number of methoxy groups -OCH3 is 2. The molecule has 1 aliphatic heterocycles. The van der Waals surface area contributed by atoms with Gasteiger partial charge in [0.05, 0.1) is 24.8 Å². The van der Waals surface area contributed by atoms with Gasteiger partial charge in [0.15, 0.2) is 0 Å². The van der Waals surface area contributed by atoms with Crippen molar-refractivity contribution in [1.82, 2.24) is 0 Å². The third-order valence-corrected chi connectivity index (χ3v) is 6.27. The predicted molar refractivity (Wildman–Crippen MR) is 120 cm³/mol. The van der Waals surface area contributed by atoms with Crippen LogP contribution in [0.25, 0.3) is 5.76 Å². The third kappa shape index (κ3) is 3.66. The summed E-state index contributed by atoms with van der Waals surface area (Å²) >= 11 is 7.48. The zero-order valence-electron chi connectivity index (χ0n) is 16.7. The Morgan fingerprint density at radius 1 is 1.06 bits per heavy atom. The lowest BCUT2D eigenvalue weighted by Gasteiger charge is -2.24. The summed E-state index contributed by atoms with van der Waals surface area (Å²) in [7, 11) is 3.01. The van der Waals surface area contributed by atoms with Gasteiger partial charge < -0.3 is 14.6 Å². The number of rotatable bonds is 5. The van der Waals surface area contributed by atoms with E-state index in [9.17, 15) is 14.7 Å². The Balaban J connectivity index is 1.89. The number of nitrogens with zero attached hydrogens (tertiary/aromatic N) is 1. The number of anilines is 1. The standard InChI is InChI=1S/C23H18ClNO5S/c1-29-15-8-6-14(7-9-15)25-20(18-4-3-11-31-18)19(22(27)23(25)28)21(26)13-5-10-16(24)17(12-13)30-2/h3-12,20,26H,1-2H3/b21-19-. The number of ether oxygens (including phenoxy) is 2. The van der Waals surface area contributed by atoms with E-state index >= 15 is 0 Å². The van der Waals surface area contributed by atoms with Gasteiger partial charge in [0, 0.05) is 16.1 Å². The number of aliphatic hydroxyl groups excluding tert-OH is 1. The SMILES string of the molecule is COc1ccc(N2C(=O)C(=O)/C(=C(\O)c3ccc(Cl)c(OC)c3)C2c2cccs2)cc1. The zero-order chi connectivity index (χ0) is 22.1. The molecule has 158 valence electrons. The lowest BCUT2D eigenvalue weighted by molar-refractivity contribution is -0.132. The Morgan fingerprint density at radius 2 is 1.81 bits per heavy atom. The molecule has 1 aliphatic rings. The number of hydrogen-bond acceptors (Lipinski definition) is 6. The first-order valence-corrected chi connectivity index (χ1v) is 10.5. The number of benzene rings is 2. The van der Waals surface area contributed by atoms with Crippen molar-refractivity contribution in [1.29, 1.82) is 0 Å². The maximum absolute atomic E-state index is 13.1. The molecular weight excluding hydrogens is 438 g/mol. The third-order valence-electron chi connectivity index (χ3n) is 5.03. The van der Waals surface area contributed by atoms with Gasteiger partial charge in [-0.2, -0.15) is 0 Å². The van der Waals surface area contributed by atoms with Crippen LogP contribution in [0.1, 0.15) is 16.5 Å². The Morgan fingerprint density at radius 3 is 2.42 bits per heavy atom. The minimum absolute atomic E-state index is 0.00708. The van der Waals surface area contributed by atoms with Gasteiger partial charge in [-0.15, -0.1) is 11.3 Å². The number of ketones is 1. The van der Waals surface area contributed by atoms with Crippen LogP contribution in [-0.2, 0) is 9.59 Å². The molecule has 31 heavy (non-hydrogen) atoms. The fourth-order valence-corrected chi connectivity index (χ4v) is 4.54. The summed E-state index contributed by atoms with van der Waals surface area (Å²) in [6, 6.07) is 14.4. The van der Waals surface area contributed by atoms with Crippen LogP contribution in [-0.4, -0.2) is 31.0 Å². The van der Waals surface area contributed by atoms with Gasteiger partial charge in [-0.25, -0.2) is 0 Å². The Hall–Kier alpha value is -3.29. The number of carbonyl (C=O) groups excluding carboxylic acids is 2. The summed E-state index contributed by atoms with van der Waals surface area (Å²) in [5.41, 5.74) is 0.859. The maximum Gasteiger partial charge on any atom is 0.300 e. The van der Waals surface area contributed by atoms with Crippen LogP contribution in [0.2, 0.25) is 5.02 Å². The second kappa shape index (κ2) is 8.45. The van der Waals surface area contributed by atoms with Crippen molar-refractivity contribution in [2.45, 2.75) is 6.04 Å². The average Bonchev–Trinajstić information content (AvgIpc) is 3.41. The normalized spacial score (nSPS) is 17.8. The molecule has 1 fully saturated rings. The largest absolute Gasteiger partial charge is 0.507 e. The molecule has 2 aromatic carbocycles. The molecule has 4 rings (SSSR count). The minimum Gasteiger partial charge on any atom is -0.507 e. The Labute approximate surface area is 187 Å². The smallest absolute Gasteiger partial charge is 0.300 e. The average molecular weight is 456 g/mol. The molecule has 1 unspecified atom stereocenters. The minimum atomic E-state index is -0.768. The van der Waals surface area contributed by atoms with Crippen molar-refractivity contribution in [3.05, 3.63) is 81.0 Å². The van der Waals surface area contributed by atoms with E-state index in [4.69, 9.17) is 21.1 Å². The predicted octanol–water partition coefficient (Wildman–Crippen LogP) is 5.05. The van der Waals surface area contributed by atoms with Crippen molar-refractivity contribution in [2.75, 3.05) is 19.1 Å². The molecule has 0 spiro atoms. The van der Waals surface area contributed by atoms with Gasteiger partial charge in [0.1, 0.15) is 23.3 Å². The van der Waals surface area contributed by atoms with Crippen molar-refractivity contribution >= 4 is 46.1 Å². The molecular formula is C23H18ClNO5S. The summed E-state index contributed by atoms with van der Waals surface area (Å²) in [5.74, 6) is -0.793. The molecule has 6 nitrogen and oxygen atoms in total. The summed E-state index contributed by atoms with van der Waals surface area (Å²) in [5, 5.41) is 13.3. The molecule has 0 radical (unpaired) electrons. The lowest BCUT2D eigenvalue weighted by atomic mass is 9.99. The highest BCUT2D eigenvalue weighted by Crippen LogP contribution is 2.44. The highest BCUT2D eigenvalue weighted by Gasteiger charge is 2.47. The van der Waals surface area contributed by atoms with E-state index in [1.54, 1.807) is 43.5 Å². The highest BCUT2D eigenvalue weighted by atomic mass is 35.5. The number of aliphatic hydroxyl groups is 1. The summed E-state index contributed by atoms with van der Waals surface area (Å²) < 4.78 is 10.4. The monoisotopic (exact) mass is 455 g/mol. The fourth-order valence-electron chi connectivity index (χ4n) is 3.52. The molecule has 3 aromatic rings. The highest BCUT2D eigenvalue weighted by molar-refractivity contribution is 7.10. The molecule has 0 aliphatic carbocycles. The first-order valence-electron chi connectivity index (χ1n) is 9.28. The van der Waals surface area contributed by atoms with E-state index in [0.717, 1.165) is 4.88 Å². The topological polar surface area (TPSA) is 76.1 Å². The van der Waals surface area contributed by atoms with Crippen LogP contribution in [0, 0.1) is 0 Å². The van der Waals surface area contributed by atoms with Crippen molar-refractivity contribution in [3.63, 3.8) is 0 Å². The molecule has 0 saturated carbocycles. The van der Waals surface area contributed by atoms with Crippen LogP contribution in [0.4, 0.5) is 5.69 Å². The maximum atomic E-state index is 13.1. The van der Waals surface area contributed by atoms with Crippen LogP contribution in [0.3, 0.4) is 0 Å². The van der Waals surface area contributed by atoms with E-state index in [-0.39, 0.29) is 11.3 Å². The summed E-state index contributed by atoms with van der Waals surface area (Å²) in [4.78, 5) is 28.3. The number of carbonyl (C=O) groups is 2. The van der Waals surface area contributed by atoms with Crippen LogP contribution in [0.5, 0.6) is 11.5 Å². The number of Topliss-reactive ketones (excluding diaryl/α,β-unsaturated/α-hetero) is 1. The lowest BCUT2D eigenvalue weighted by Crippen LogP contribution is -2.29. The van der Waals surface area contributed by atoms with Gasteiger partial charge in [-0.3, -0.25) is 14.5 Å². The molecule has 1 saturated heterocycles.